The Bertz CT molecular complexity index is 521. The maximum atomic E-state index is 11.6. The van der Waals surface area contributed by atoms with Crippen molar-refractivity contribution in [1.29, 1.82) is 0 Å². The smallest absolute Gasteiger partial charge is 0.410 e. The molecule has 2 aliphatic heterocycles. The average molecular weight is 292 g/mol. The second-order valence-electron chi connectivity index (χ2n) is 5.80. The number of piperidine rings is 1. The first-order valence-electron chi connectivity index (χ1n) is 7.12. The van der Waals surface area contributed by atoms with Gasteiger partial charge in [-0.15, -0.1) is 0 Å². The summed E-state index contributed by atoms with van der Waals surface area (Å²) in [6.07, 6.45) is 5.29. The highest BCUT2D eigenvalue weighted by molar-refractivity contribution is 5.70. The van der Waals surface area contributed by atoms with Crippen molar-refractivity contribution in [3.8, 4) is 6.01 Å². The number of likely N-dealkylation sites (tertiary alicyclic amines) is 1. The van der Waals surface area contributed by atoms with E-state index in [-0.39, 0.29) is 11.7 Å². The van der Waals surface area contributed by atoms with Gasteiger partial charge in [-0.25, -0.2) is 14.8 Å². The number of likely N-dealkylation sites (N-methyl/N-ethyl adjacent to an activating group) is 1. The van der Waals surface area contributed by atoms with E-state index in [1.165, 1.54) is 0 Å². The molecule has 1 aromatic rings. The standard InChI is InChI=1S/C14H20N4O3/c1-17-9-14(21-13(17)19)4-3-5-18(10-14)8-11-6-15-12(20-2)16-7-11/h6-7H,3-5,8-10H2,1-2H3. The molecule has 0 aromatic carbocycles. The van der Waals surface area contributed by atoms with Gasteiger partial charge in [-0.1, -0.05) is 0 Å². The molecule has 2 fully saturated rings. The Morgan fingerprint density at radius 3 is 2.76 bits per heavy atom. The number of ether oxygens (including phenoxy) is 2. The molecule has 7 nitrogen and oxygen atoms in total. The van der Waals surface area contributed by atoms with Crippen LogP contribution in [0.2, 0.25) is 0 Å². The molecule has 7 heteroatoms. The molecule has 0 N–H and O–H groups in total. The Kier molecular flexibility index (Phi) is 3.67. The van der Waals surface area contributed by atoms with Gasteiger partial charge in [0.05, 0.1) is 13.7 Å². The van der Waals surface area contributed by atoms with Crippen LogP contribution in [0.1, 0.15) is 18.4 Å². The van der Waals surface area contributed by atoms with Gasteiger partial charge in [0.15, 0.2) is 0 Å². The summed E-state index contributed by atoms with van der Waals surface area (Å²) in [5.41, 5.74) is 0.683. The topological polar surface area (TPSA) is 67.8 Å². The van der Waals surface area contributed by atoms with Gasteiger partial charge in [0.1, 0.15) is 5.60 Å². The highest BCUT2D eigenvalue weighted by atomic mass is 16.6. The SMILES string of the molecule is COc1ncc(CN2CCCC3(C2)CN(C)C(=O)O3)cn1. The number of amides is 1. The summed E-state index contributed by atoms with van der Waals surface area (Å²) >= 11 is 0. The lowest BCUT2D eigenvalue weighted by Crippen LogP contribution is -2.50. The van der Waals surface area contributed by atoms with E-state index >= 15 is 0 Å². The van der Waals surface area contributed by atoms with E-state index in [4.69, 9.17) is 9.47 Å². The molecule has 3 rings (SSSR count). The van der Waals surface area contributed by atoms with Gasteiger partial charge in [-0.2, -0.15) is 0 Å². The summed E-state index contributed by atoms with van der Waals surface area (Å²) in [6, 6.07) is 0.375. The Hall–Kier alpha value is -1.89. The third kappa shape index (κ3) is 2.92. The van der Waals surface area contributed by atoms with Crippen molar-refractivity contribution in [3.05, 3.63) is 18.0 Å². The molecule has 1 amide bonds. The minimum absolute atomic E-state index is 0.218. The summed E-state index contributed by atoms with van der Waals surface area (Å²) in [6.45, 7) is 3.18. The van der Waals surface area contributed by atoms with Crippen LogP contribution < -0.4 is 4.74 Å². The number of rotatable bonds is 3. The number of hydrogen-bond acceptors (Lipinski definition) is 6. The Morgan fingerprint density at radius 1 is 1.38 bits per heavy atom. The molecular weight excluding hydrogens is 272 g/mol. The van der Waals surface area contributed by atoms with Gasteiger partial charge < -0.3 is 14.4 Å². The van der Waals surface area contributed by atoms with Crippen LogP contribution in [-0.4, -0.2) is 65.3 Å². The zero-order valence-corrected chi connectivity index (χ0v) is 12.4. The Balaban J connectivity index is 1.65. The molecule has 1 aromatic heterocycles. The second-order valence-corrected chi connectivity index (χ2v) is 5.80. The molecule has 2 saturated heterocycles. The summed E-state index contributed by atoms with van der Waals surface area (Å²) in [7, 11) is 3.34. The van der Waals surface area contributed by atoms with Crippen LogP contribution >= 0.6 is 0 Å². The number of methoxy groups -OCH3 is 1. The highest BCUT2D eigenvalue weighted by Gasteiger charge is 2.46. The molecule has 0 radical (unpaired) electrons. The molecule has 0 saturated carbocycles. The summed E-state index contributed by atoms with van der Waals surface area (Å²) in [5, 5.41) is 0. The molecule has 0 bridgehead atoms. The molecule has 114 valence electrons. The van der Waals surface area contributed by atoms with E-state index in [0.717, 1.165) is 38.0 Å². The molecule has 1 spiro atoms. The quantitative estimate of drug-likeness (QED) is 0.824. The van der Waals surface area contributed by atoms with E-state index in [1.54, 1.807) is 31.5 Å². The highest BCUT2D eigenvalue weighted by Crippen LogP contribution is 2.31. The van der Waals surface area contributed by atoms with Gasteiger partial charge in [0.25, 0.3) is 0 Å². The molecule has 3 heterocycles. The molecule has 21 heavy (non-hydrogen) atoms. The maximum Gasteiger partial charge on any atom is 0.410 e. The van der Waals surface area contributed by atoms with E-state index in [2.05, 4.69) is 14.9 Å². The predicted octanol–water partition coefficient (Wildman–Crippen LogP) is 0.902. The lowest BCUT2D eigenvalue weighted by Gasteiger charge is -2.38. The average Bonchev–Trinajstić information content (AvgIpc) is 2.74. The minimum Gasteiger partial charge on any atom is -0.467 e. The molecule has 1 atom stereocenters. The largest absolute Gasteiger partial charge is 0.467 e. The van der Waals surface area contributed by atoms with E-state index in [0.29, 0.717) is 12.6 Å². The van der Waals surface area contributed by atoms with E-state index in [1.807, 2.05) is 0 Å². The number of carbonyl (C=O) groups is 1. The minimum atomic E-state index is -0.350. The summed E-state index contributed by atoms with van der Waals surface area (Å²) < 4.78 is 10.6. The fourth-order valence-corrected chi connectivity index (χ4v) is 3.12. The van der Waals surface area contributed by atoms with Crippen LogP contribution in [0.5, 0.6) is 6.01 Å². The molecule has 0 aliphatic carbocycles. The van der Waals surface area contributed by atoms with Gasteiger partial charge >= 0.3 is 12.1 Å². The fraction of sp³-hybridized carbons (Fsp3) is 0.643. The third-order valence-corrected chi connectivity index (χ3v) is 4.03. The summed E-state index contributed by atoms with van der Waals surface area (Å²) in [5.74, 6) is 0. The monoisotopic (exact) mass is 292 g/mol. The first-order chi connectivity index (χ1) is 10.1. The van der Waals surface area contributed by atoms with Crippen molar-refractivity contribution in [1.82, 2.24) is 19.8 Å². The van der Waals surface area contributed by atoms with Crippen molar-refractivity contribution >= 4 is 6.09 Å². The van der Waals surface area contributed by atoms with Gasteiger partial charge in [0, 0.05) is 38.1 Å². The molecular formula is C14H20N4O3. The second kappa shape index (κ2) is 5.48. The Labute approximate surface area is 123 Å². The van der Waals surface area contributed by atoms with Crippen LogP contribution in [-0.2, 0) is 11.3 Å². The zero-order chi connectivity index (χ0) is 14.9. The predicted molar refractivity (Wildman–Crippen MR) is 74.9 cm³/mol. The van der Waals surface area contributed by atoms with Crippen molar-refractivity contribution in [2.45, 2.75) is 25.0 Å². The lowest BCUT2D eigenvalue weighted by atomic mass is 9.92. The normalized spacial score (nSPS) is 26.2. The maximum absolute atomic E-state index is 11.6. The van der Waals surface area contributed by atoms with Crippen LogP contribution in [0.25, 0.3) is 0 Å². The Morgan fingerprint density at radius 2 is 2.14 bits per heavy atom. The first-order valence-corrected chi connectivity index (χ1v) is 7.12. The van der Waals surface area contributed by atoms with E-state index < -0.39 is 0 Å². The van der Waals surface area contributed by atoms with Gasteiger partial charge in [-0.05, 0) is 19.4 Å². The van der Waals surface area contributed by atoms with Crippen LogP contribution in [0.3, 0.4) is 0 Å². The van der Waals surface area contributed by atoms with Crippen LogP contribution in [0.4, 0.5) is 4.79 Å². The first kappa shape index (κ1) is 14.1. The number of nitrogens with zero attached hydrogens (tertiary/aromatic N) is 4. The van der Waals surface area contributed by atoms with Crippen molar-refractivity contribution in [3.63, 3.8) is 0 Å². The van der Waals surface area contributed by atoms with Crippen molar-refractivity contribution in [2.24, 2.45) is 0 Å². The van der Waals surface area contributed by atoms with Crippen LogP contribution in [0, 0.1) is 0 Å². The zero-order valence-electron chi connectivity index (χ0n) is 12.4. The number of aromatic nitrogens is 2. The van der Waals surface area contributed by atoms with Crippen molar-refractivity contribution < 1.29 is 14.3 Å². The van der Waals surface area contributed by atoms with E-state index in [9.17, 15) is 4.79 Å². The number of carbonyl (C=O) groups excluding carboxylic acids is 1. The fourth-order valence-electron chi connectivity index (χ4n) is 3.12. The molecule has 1 unspecified atom stereocenters. The van der Waals surface area contributed by atoms with Crippen molar-refractivity contribution in [2.75, 3.05) is 33.8 Å². The van der Waals surface area contributed by atoms with Gasteiger partial charge in [-0.3, -0.25) is 4.90 Å². The van der Waals surface area contributed by atoms with Gasteiger partial charge in [0.2, 0.25) is 0 Å². The van der Waals surface area contributed by atoms with Crippen LogP contribution in [0.15, 0.2) is 12.4 Å². The summed E-state index contributed by atoms with van der Waals surface area (Å²) in [4.78, 5) is 23.8. The third-order valence-electron chi connectivity index (χ3n) is 4.03. The lowest BCUT2D eigenvalue weighted by molar-refractivity contribution is -0.0114. The number of hydrogen-bond donors (Lipinski definition) is 0. The molecule has 2 aliphatic rings.